The second kappa shape index (κ2) is 13.5. The predicted octanol–water partition coefficient (Wildman–Crippen LogP) is -0.163. The van der Waals surface area contributed by atoms with Crippen molar-refractivity contribution < 1.29 is 18.9 Å². The molecule has 0 spiro atoms. The fraction of sp³-hybridized carbons (Fsp3) is 1.00. The molecular weight excluding hydrogens is 198 g/mol. The van der Waals surface area contributed by atoms with Crippen LogP contribution in [0.4, 0.5) is 0 Å². The first kappa shape index (κ1) is 17.8. The maximum Gasteiger partial charge on any atom is 2.00 e. The Hall–Kier alpha value is 0.886. The van der Waals surface area contributed by atoms with Crippen molar-refractivity contribution in [3.63, 3.8) is 0 Å². The first-order chi connectivity index (χ1) is 4.54. The average molecular weight is 208 g/mol. The van der Waals surface area contributed by atoms with Gasteiger partial charge in [-0.1, -0.05) is 9.13 Å². The summed E-state index contributed by atoms with van der Waals surface area (Å²) in [6.45, 7) is 3.21. The van der Waals surface area contributed by atoms with E-state index in [0.717, 1.165) is 0 Å². The van der Waals surface area contributed by atoms with Crippen LogP contribution in [0, 0.1) is 0 Å². The third kappa shape index (κ3) is 36.0. The standard InChI is InChI=1S/2C2H5O2P.Mg/c2*1-2-5(3)4;/h2*2H2,1H3;/q;;+2. The van der Waals surface area contributed by atoms with E-state index in [9.17, 15) is 18.9 Å². The number of hydrogen-bond donors (Lipinski definition) is 0. The second-order valence-electron chi connectivity index (χ2n) is 1.30. The first-order valence-electron chi connectivity index (χ1n) is 2.78. The van der Waals surface area contributed by atoms with Gasteiger partial charge in [0.1, 0.15) is 12.3 Å². The quantitative estimate of drug-likeness (QED) is 0.466. The maximum atomic E-state index is 9.41. The monoisotopic (exact) mass is 208 g/mol. The van der Waals surface area contributed by atoms with Crippen LogP contribution < -0.4 is 9.79 Å². The molecule has 0 aromatic heterocycles. The molecule has 0 saturated carbocycles. The van der Waals surface area contributed by atoms with E-state index in [4.69, 9.17) is 0 Å². The third-order valence-electron chi connectivity index (χ3n) is 0.516. The molecule has 0 aromatic carbocycles. The van der Waals surface area contributed by atoms with Gasteiger partial charge >= 0.3 is 39.1 Å². The van der Waals surface area contributed by atoms with Gasteiger partial charge in [0.05, 0.1) is 0 Å². The first-order valence-corrected chi connectivity index (χ1v) is 5.50. The summed E-state index contributed by atoms with van der Waals surface area (Å²) in [6.07, 6.45) is 0.519. The summed E-state index contributed by atoms with van der Waals surface area (Å²) in [5, 5.41) is 0. The molecule has 0 rings (SSSR count). The van der Waals surface area contributed by atoms with Crippen LogP contribution in [0.3, 0.4) is 0 Å². The minimum Gasteiger partial charge on any atom is -0.596 e. The summed E-state index contributed by atoms with van der Waals surface area (Å²) >= 11 is 0. The molecular formula is C4H10MgO4P2+2. The Morgan fingerprint density at radius 1 is 1.00 bits per heavy atom. The van der Waals surface area contributed by atoms with Crippen LogP contribution >= 0.6 is 16.1 Å². The molecule has 0 amide bonds. The zero-order valence-corrected chi connectivity index (χ0v) is 9.85. The molecule has 0 aromatic rings. The summed E-state index contributed by atoms with van der Waals surface area (Å²) < 4.78 is 18.8. The molecule has 0 bridgehead atoms. The molecule has 0 aliphatic carbocycles. The average Bonchev–Trinajstić information content (AvgIpc) is 1.89. The Balaban J connectivity index is -0.000000107. The van der Waals surface area contributed by atoms with E-state index in [1.807, 2.05) is 0 Å². The normalized spacial score (nSPS) is 10.2. The van der Waals surface area contributed by atoms with Gasteiger partial charge in [-0.2, -0.15) is 0 Å². The summed E-state index contributed by atoms with van der Waals surface area (Å²) in [5.74, 6) is 0. The van der Waals surface area contributed by atoms with Gasteiger partial charge in [-0.25, -0.2) is 0 Å². The van der Waals surface area contributed by atoms with Crippen molar-refractivity contribution >= 4 is 39.1 Å². The SMILES string of the molecule is CC[P+](=O)[O-].CC[P+](=O)[O-].[Mg+2]. The van der Waals surface area contributed by atoms with Crippen LogP contribution in [0.25, 0.3) is 0 Å². The van der Waals surface area contributed by atoms with E-state index in [0.29, 0.717) is 0 Å². The summed E-state index contributed by atoms with van der Waals surface area (Å²) in [6, 6.07) is 0. The molecule has 0 N–H and O–H groups in total. The van der Waals surface area contributed by atoms with Gasteiger partial charge in [-0.3, -0.25) is 0 Å². The van der Waals surface area contributed by atoms with Crippen LogP contribution in [-0.4, -0.2) is 35.4 Å². The third-order valence-corrected chi connectivity index (χ3v) is 1.55. The zero-order valence-electron chi connectivity index (χ0n) is 6.65. The second-order valence-corrected chi connectivity index (χ2v) is 3.89. The molecule has 11 heavy (non-hydrogen) atoms. The van der Waals surface area contributed by atoms with Crippen LogP contribution in [-0.2, 0) is 9.13 Å². The van der Waals surface area contributed by atoms with Gasteiger partial charge in [0, 0.05) is 0 Å². The molecule has 2 unspecified atom stereocenters. The van der Waals surface area contributed by atoms with Gasteiger partial charge in [0.25, 0.3) is 0 Å². The molecule has 60 valence electrons. The topological polar surface area (TPSA) is 80.3 Å². The zero-order chi connectivity index (χ0) is 8.57. The van der Waals surface area contributed by atoms with Crippen molar-refractivity contribution in [1.82, 2.24) is 0 Å². The van der Waals surface area contributed by atoms with E-state index in [-0.39, 0.29) is 35.4 Å². The molecule has 0 saturated heterocycles. The van der Waals surface area contributed by atoms with Crippen molar-refractivity contribution in [2.24, 2.45) is 0 Å². The largest absolute Gasteiger partial charge is 2.00 e. The molecule has 0 fully saturated rings. The van der Waals surface area contributed by atoms with E-state index >= 15 is 0 Å². The predicted molar refractivity (Wildman–Crippen MR) is 42.0 cm³/mol. The molecule has 7 heteroatoms. The number of rotatable bonds is 2. The Bertz CT molecular complexity index is 105. The van der Waals surface area contributed by atoms with Gasteiger partial charge in [0.15, 0.2) is 0 Å². The Labute approximate surface area is 84.3 Å². The molecule has 0 aliphatic rings. The van der Waals surface area contributed by atoms with Crippen molar-refractivity contribution in [3.8, 4) is 0 Å². The summed E-state index contributed by atoms with van der Waals surface area (Å²) in [5.41, 5.74) is 0. The van der Waals surface area contributed by atoms with E-state index in [2.05, 4.69) is 0 Å². The Morgan fingerprint density at radius 3 is 1.09 bits per heavy atom. The fourth-order valence-corrected chi connectivity index (χ4v) is 0. The minimum atomic E-state index is -2.10. The van der Waals surface area contributed by atoms with E-state index < -0.39 is 16.1 Å². The number of hydrogen-bond acceptors (Lipinski definition) is 4. The Morgan fingerprint density at radius 2 is 1.09 bits per heavy atom. The van der Waals surface area contributed by atoms with Crippen molar-refractivity contribution in [1.29, 1.82) is 0 Å². The van der Waals surface area contributed by atoms with Gasteiger partial charge < -0.3 is 9.79 Å². The van der Waals surface area contributed by atoms with Gasteiger partial charge in [-0.05, 0) is 13.8 Å². The molecule has 2 atom stereocenters. The molecule has 0 heterocycles. The molecule has 4 nitrogen and oxygen atoms in total. The maximum absolute atomic E-state index is 9.41. The van der Waals surface area contributed by atoms with Gasteiger partial charge in [-0.15, -0.1) is 0 Å². The minimum absolute atomic E-state index is 0. The van der Waals surface area contributed by atoms with Crippen molar-refractivity contribution in [2.75, 3.05) is 12.3 Å². The van der Waals surface area contributed by atoms with Crippen LogP contribution in [0.5, 0.6) is 0 Å². The van der Waals surface area contributed by atoms with Crippen LogP contribution in [0.2, 0.25) is 0 Å². The van der Waals surface area contributed by atoms with Crippen molar-refractivity contribution in [3.05, 3.63) is 0 Å². The summed E-state index contributed by atoms with van der Waals surface area (Å²) in [4.78, 5) is 18.8. The van der Waals surface area contributed by atoms with Crippen LogP contribution in [0.15, 0.2) is 0 Å². The molecule has 0 aliphatic heterocycles. The van der Waals surface area contributed by atoms with E-state index in [1.165, 1.54) is 0 Å². The summed E-state index contributed by atoms with van der Waals surface area (Å²) in [7, 11) is -4.20. The van der Waals surface area contributed by atoms with Crippen molar-refractivity contribution in [2.45, 2.75) is 13.8 Å². The molecule has 0 radical (unpaired) electrons. The van der Waals surface area contributed by atoms with E-state index in [1.54, 1.807) is 13.8 Å². The van der Waals surface area contributed by atoms with Gasteiger partial charge in [0.2, 0.25) is 0 Å². The smallest absolute Gasteiger partial charge is 0.596 e. The Kier molecular flexibility index (Phi) is 21.9. The fourth-order valence-electron chi connectivity index (χ4n) is 0. The van der Waals surface area contributed by atoms with Crippen LogP contribution in [0.1, 0.15) is 13.8 Å².